The second-order valence-corrected chi connectivity index (χ2v) is 5.93. The summed E-state index contributed by atoms with van der Waals surface area (Å²) >= 11 is 0. The molecule has 1 aromatic carbocycles. The maximum Gasteiger partial charge on any atom is 0.258 e. The summed E-state index contributed by atoms with van der Waals surface area (Å²) in [4.78, 5) is 6.49. The molecule has 1 N–H and O–H groups in total. The third-order valence-corrected chi connectivity index (χ3v) is 3.92. The largest absolute Gasteiger partial charge is 0.392 e. The van der Waals surface area contributed by atoms with E-state index in [1.807, 2.05) is 43.1 Å². The Kier molecular flexibility index (Phi) is 4.03. The van der Waals surface area contributed by atoms with Crippen molar-refractivity contribution in [3.8, 4) is 11.5 Å². The van der Waals surface area contributed by atoms with Gasteiger partial charge in [0, 0.05) is 12.1 Å². The molecule has 112 valence electrons. The number of benzene rings is 1. The molecule has 1 atom stereocenters. The summed E-state index contributed by atoms with van der Waals surface area (Å²) in [6, 6.07) is 7.96. The number of nitrogens with zero attached hydrogens (tertiary/aromatic N) is 3. The van der Waals surface area contributed by atoms with Crippen molar-refractivity contribution in [1.29, 1.82) is 0 Å². The lowest BCUT2D eigenvalue weighted by molar-refractivity contribution is 0.103. The number of rotatable bonds is 6. The van der Waals surface area contributed by atoms with Crippen molar-refractivity contribution in [2.24, 2.45) is 5.92 Å². The van der Waals surface area contributed by atoms with E-state index >= 15 is 0 Å². The first-order valence-electron chi connectivity index (χ1n) is 7.38. The van der Waals surface area contributed by atoms with Crippen LogP contribution in [0.4, 0.5) is 0 Å². The molecule has 1 heterocycles. The highest BCUT2D eigenvalue weighted by Crippen LogP contribution is 2.32. The van der Waals surface area contributed by atoms with Crippen molar-refractivity contribution in [2.75, 3.05) is 13.6 Å². The molecule has 0 radical (unpaired) electrons. The molecule has 0 spiro atoms. The lowest BCUT2D eigenvalue weighted by Gasteiger charge is -2.18. The Morgan fingerprint density at radius 3 is 2.86 bits per heavy atom. The zero-order chi connectivity index (χ0) is 14.8. The SMILES string of the molecule is Cc1ccccc1-c1nc(CN(C)CC(O)C2CC2)no1. The zero-order valence-electron chi connectivity index (χ0n) is 12.5. The number of aliphatic hydroxyl groups is 1. The number of hydrogen-bond acceptors (Lipinski definition) is 5. The molecule has 1 aliphatic rings. The molecule has 21 heavy (non-hydrogen) atoms. The lowest BCUT2D eigenvalue weighted by atomic mass is 10.1. The Balaban J connectivity index is 1.63. The van der Waals surface area contributed by atoms with Gasteiger partial charge in [-0.1, -0.05) is 23.4 Å². The molecule has 0 bridgehead atoms. The van der Waals surface area contributed by atoms with Crippen LogP contribution in [-0.2, 0) is 6.54 Å². The van der Waals surface area contributed by atoms with E-state index in [1.165, 1.54) is 0 Å². The number of aromatic nitrogens is 2. The summed E-state index contributed by atoms with van der Waals surface area (Å²) in [5.41, 5.74) is 2.09. The third kappa shape index (κ3) is 3.49. The summed E-state index contributed by atoms with van der Waals surface area (Å²) in [6.45, 7) is 3.26. The fourth-order valence-corrected chi connectivity index (χ4v) is 2.50. The Morgan fingerprint density at radius 2 is 2.14 bits per heavy atom. The van der Waals surface area contributed by atoms with E-state index in [-0.39, 0.29) is 6.10 Å². The van der Waals surface area contributed by atoms with Crippen LogP contribution >= 0.6 is 0 Å². The van der Waals surface area contributed by atoms with Gasteiger partial charge >= 0.3 is 0 Å². The Labute approximate surface area is 124 Å². The minimum Gasteiger partial charge on any atom is -0.392 e. The standard InChI is InChI=1S/C16H21N3O2/c1-11-5-3-4-6-13(11)16-17-15(18-21-16)10-19(2)9-14(20)12-7-8-12/h3-6,12,14,20H,7-10H2,1-2H3. The van der Waals surface area contributed by atoms with Crippen LogP contribution in [0.5, 0.6) is 0 Å². The van der Waals surface area contributed by atoms with Crippen molar-refractivity contribution < 1.29 is 9.63 Å². The fourth-order valence-electron chi connectivity index (χ4n) is 2.50. The minimum atomic E-state index is -0.238. The molecule has 0 aliphatic heterocycles. The summed E-state index contributed by atoms with van der Waals surface area (Å²) in [7, 11) is 1.97. The van der Waals surface area contributed by atoms with Gasteiger partial charge in [-0.15, -0.1) is 0 Å². The van der Waals surface area contributed by atoms with Crippen molar-refractivity contribution >= 4 is 0 Å². The molecule has 2 aromatic rings. The van der Waals surface area contributed by atoms with Crippen molar-refractivity contribution in [1.82, 2.24) is 15.0 Å². The van der Waals surface area contributed by atoms with Crippen molar-refractivity contribution in [3.05, 3.63) is 35.7 Å². The van der Waals surface area contributed by atoms with Gasteiger partial charge in [0.1, 0.15) is 0 Å². The van der Waals surface area contributed by atoms with E-state index in [0.717, 1.165) is 24.0 Å². The van der Waals surface area contributed by atoms with Crippen LogP contribution in [0.1, 0.15) is 24.2 Å². The van der Waals surface area contributed by atoms with Gasteiger partial charge in [-0.3, -0.25) is 4.90 Å². The van der Waals surface area contributed by atoms with Crippen LogP contribution in [0.3, 0.4) is 0 Å². The van der Waals surface area contributed by atoms with E-state index < -0.39 is 0 Å². The van der Waals surface area contributed by atoms with Crippen LogP contribution in [0.2, 0.25) is 0 Å². The van der Waals surface area contributed by atoms with Crippen LogP contribution < -0.4 is 0 Å². The van der Waals surface area contributed by atoms with Crippen LogP contribution in [0.15, 0.2) is 28.8 Å². The predicted octanol–water partition coefficient (Wildman–Crippen LogP) is 2.25. The summed E-state index contributed by atoms with van der Waals surface area (Å²) in [6.07, 6.45) is 2.06. The van der Waals surface area contributed by atoms with Gasteiger partial charge in [-0.25, -0.2) is 0 Å². The van der Waals surface area contributed by atoms with E-state index in [9.17, 15) is 5.11 Å². The van der Waals surface area contributed by atoms with Crippen LogP contribution in [0, 0.1) is 12.8 Å². The van der Waals surface area contributed by atoms with Crippen LogP contribution in [-0.4, -0.2) is 39.8 Å². The Bertz CT molecular complexity index is 607. The lowest BCUT2D eigenvalue weighted by Crippen LogP contribution is -2.30. The van der Waals surface area contributed by atoms with Gasteiger partial charge in [0.05, 0.1) is 12.6 Å². The van der Waals surface area contributed by atoms with E-state index in [0.29, 0.717) is 30.7 Å². The molecule has 3 rings (SSSR count). The quantitative estimate of drug-likeness (QED) is 0.883. The monoisotopic (exact) mass is 287 g/mol. The molecular formula is C16H21N3O2. The molecule has 5 nitrogen and oxygen atoms in total. The molecule has 1 saturated carbocycles. The average molecular weight is 287 g/mol. The fraction of sp³-hybridized carbons (Fsp3) is 0.500. The zero-order valence-corrected chi connectivity index (χ0v) is 12.5. The predicted molar refractivity (Wildman–Crippen MR) is 79.5 cm³/mol. The smallest absolute Gasteiger partial charge is 0.258 e. The molecule has 1 aromatic heterocycles. The number of hydrogen-bond donors (Lipinski definition) is 1. The molecule has 0 saturated heterocycles. The Hall–Kier alpha value is -1.72. The second-order valence-electron chi connectivity index (χ2n) is 5.93. The first-order chi connectivity index (χ1) is 10.1. The average Bonchev–Trinajstić information content (AvgIpc) is 3.21. The molecule has 5 heteroatoms. The Morgan fingerprint density at radius 1 is 1.38 bits per heavy atom. The van der Waals surface area contributed by atoms with Crippen molar-refractivity contribution in [2.45, 2.75) is 32.4 Å². The molecular weight excluding hydrogens is 266 g/mol. The highest BCUT2D eigenvalue weighted by atomic mass is 16.5. The highest BCUT2D eigenvalue weighted by Gasteiger charge is 2.30. The number of aliphatic hydroxyl groups excluding tert-OH is 1. The second kappa shape index (κ2) is 5.95. The minimum absolute atomic E-state index is 0.238. The number of likely N-dealkylation sites (N-methyl/N-ethyl adjacent to an activating group) is 1. The van der Waals surface area contributed by atoms with E-state index in [2.05, 4.69) is 10.1 Å². The van der Waals surface area contributed by atoms with Gasteiger partial charge < -0.3 is 9.63 Å². The summed E-state index contributed by atoms with van der Waals surface area (Å²) in [5, 5.41) is 14.0. The van der Waals surface area contributed by atoms with Gasteiger partial charge in [0.25, 0.3) is 5.89 Å². The summed E-state index contributed by atoms with van der Waals surface area (Å²) in [5.74, 6) is 1.69. The topological polar surface area (TPSA) is 62.4 Å². The van der Waals surface area contributed by atoms with Crippen molar-refractivity contribution in [3.63, 3.8) is 0 Å². The summed E-state index contributed by atoms with van der Waals surface area (Å²) < 4.78 is 5.35. The normalized spacial score (nSPS) is 16.4. The first kappa shape index (κ1) is 14.2. The highest BCUT2D eigenvalue weighted by molar-refractivity contribution is 5.57. The molecule has 1 fully saturated rings. The van der Waals surface area contributed by atoms with Gasteiger partial charge in [-0.2, -0.15) is 4.98 Å². The molecule has 1 unspecified atom stereocenters. The van der Waals surface area contributed by atoms with Crippen LogP contribution in [0.25, 0.3) is 11.5 Å². The third-order valence-electron chi connectivity index (χ3n) is 3.92. The van der Waals surface area contributed by atoms with E-state index in [4.69, 9.17) is 4.52 Å². The van der Waals surface area contributed by atoms with Gasteiger partial charge in [0.15, 0.2) is 5.82 Å². The maximum atomic E-state index is 9.95. The first-order valence-corrected chi connectivity index (χ1v) is 7.38. The maximum absolute atomic E-state index is 9.95. The molecule has 1 aliphatic carbocycles. The van der Waals surface area contributed by atoms with E-state index in [1.54, 1.807) is 0 Å². The molecule has 0 amide bonds. The van der Waals surface area contributed by atoms with Gasteiger partial charge in [-0.05, 0) is 44.4 Å². The van der Waals surface area contributed by atoms with Gasteiger partial charge in [0.2, 0.25) is 0 Å². The number of aryl methyl sites for hydroxylation is 1.